The Morgan fingerprint density at radius 1 is 0.412 bits per heavy atom. The van der Waals surface area contributed by atoms with Gasteiger partial charge in [-0.15, -0.1) is 0 Å². The van der Waals surface area contributed by atoms with Crippen LogP contribution in [0.15, 0.2) is 34.9 Å². The third-order valence-corrected chi connectivity index (χ3v) is 27.0. The first-order valence-corrected chi connectivity index (χ1v) is 26.8. The molecule has 0 N–H and O–H groups in total. The molecule has 0 aromatic heterocycles. The predicted molar refractivity (Wildman–Crippen MR) is 215 cm³/mol. The Labute approximate surface area is 338 Å². The molecule has 0 saturated heterocycles. The molecule has 0 heterocycles. The molecule has 6 aliphatic rings. The van der Waals surface area contributed by atoms with Gasteiger partial charge >= 0.3 is 317 Å². The molecule has 8 rings (SSSR count). The first-order valence-electron chi connectivity index (χ1n) is 21.0. The van der Waals surface area contributed by atoms with E-state index in [1.807, 2.05) is 21.8 Å². The van der Waals surface area contributed by atoms with Crippen LogP contribution in [0, 0.1) is 27.7 Å². The first kappa shape index (κ1) is 40.9. The van der Waals surface area contributed by atoms with Crippen LogP contribution in [-0.4, -0.2) is 22.6 Å². The fraction of sp³-hybridized carbons (Fsp3) is 0.652. The predicted octanol–water partition coefficient (Wildman–Crippen LogP) is 8.80. The second-order valence-corrected chi connectivity index (χ2v) is 26.4. The number of benzene rings is 2. The maximum Gasteiger partial charge on any atom is -1.00 e. The van der Waals surface area contributed by atoms with Crippen molar-refractivity contribution >= 4 is 28.0 Å². The van der Waals surface area contributed by atoms with Gasteiger partial charge in [0.1, 0.15) is 0 Å². The summed E-state index contributed by atoms with van der Waals surface area (Å²) in [5, 5.41) is 4.09. The molecule has 4 fully saturated rings. The van der Waals surface area contributed by atoms with E-state index in [1.165, 1.54) is 128 Å². The van der Waals surface area contributed by atoms with Crippen molar-refractivity contribution in [3.05, 3.63) is 79.4 Å². The summed E-state index contributed by atoms with van der Waals surface area (Å²) in [6.45, 7) is 9.88. The number of fused-ring (bicyclic) bond motifs is 2. The van der Waals surface area contributed by atoms with E-state index in [2.05, 4.69) is 64.1 Å². The van der Waals surface area contributed by atoms with E-state index in [9.17, 15) is 0 Å². The summed E-state index contributed by atoms with van der Waals surface area (Å²) in [6, 6.07) is 9.97. The van der Waals surface area contributed by atoms with Crippen molar-refractivity contribution in [1.29, 1.82) is 0 Å². The molecule has 0 amide bonds. The quantitative estimate of drug-likeness (QED) is 0.234. The Balaban J connectivity index is 0.00000224. The third-order valence-electron chi connectivity index (χ3n) is 14.0. The van der Waals surface area contributed by atoms with E-state index in [1.54, 1.807) is 33.4 Å². The Bertz CT molecular complexity index is 1400. The fourth-order valence-corrected chi connectivity index (χ4v) is 27.3. The first-order chi connectivity index (χ1) is 24.0. The van der Waals surface area contributed by atoms with E-state index in [4.69, 9.17) is 0 Å². The van der Waals surface area contributed by atoms with Crippen LogP contribution in [0.25, 0.3) is 12.2 Å². The molecule has 51 heavy (non-hydrogen) atoms. The average molecular weight is 841 g/mol. The zero-order valence-corrected chi connectivity index (χ0v) is 38.0. The molecule has 276 valence electrons. The Morgan fingerprint density at radius 2 is 0.686 bits per heavy atom. The molecule has 0 spiro atoms. The Morgan fingerprint density at radius 3 is 0.980 bits per heavy atom. The van der Waals surface area contributed by atoms with E-state index in [0.717, 1.165) is 29.9 Å². The molecule has 6 aliphatic carbocycles. The van der Waals surface area contributed by atoms with Crippen LogP contribution in [0.2, 0.25) is 0 Å². The number of aryl methyl sites for hydroxylation is 4. The number of hydrogen-bond donors (Lipinski definition) is 0. The van der Waals surface area contributed by atoms with Crippen LogP contribution in [0.3, 0.4) is 0 Å². The van der Waals surface area contributed by atoms with Crippen LogP contribution >= 0.6 is 15.8 Å². The van der Waals surface area contributed by atoms with Crippen molar-refractivity contribution in [2.24, 2.45) is 0 Å². The van der Waals surface area contributed by atoms with Crippen molar-refractivity contribution < 1.29 is 48.0 Å². The molecule has 2 unspecified atom stereocenters. The summed E-state index contributed by atoms with van der Waals surface area (Å²) in [5.41, 5.74) is 17.4. The Hall–Kier alpha value is 0.243. The van der Waals surface area contributed by atoms with Gasteiger partial charge in [-0.25, -0.2) is 0 Å². The summed E-state index contributed by atoms with van der Waals surface area (Å²) in [5.74, 6) is 0. The minimum absolute atomic E-state index is 0. The topological polar surface area (TPSA) is 0 Å². The zero-order valence-electron chi connectivity index (χ0n) is 32.2. The van der Waals surface area contributed by atoms with Crippen LogP contribution < -0.4 is 24.8 Å². The van der Waals surface area contributed by atoms with Crippen LogP contribution in [0.5, 0.6) is 0 Å². The third kappa shape index (κ3) is 8.36. The number of rotatable bonds is 8. The van der Waals surface area contributed by atoms with Gasteiger partial charge in [-0.05, 0) is 0 Å². The summed E-state index contributed by atoms with van der Waals surface area (Å²) < 4.78 is 1.56. The molecule has 0 radical (unpaired) electrons. The fourth-order valence-electron chi connectivity index (χ4n) is 11.4. The maximum absolute atomic E-state index is 2.91. The molecule has 4 saturated carbocycles. The molecular formula is C46H64Cl2P2Zr. The van der Waals surface area contributed by atoms with E-state index < -0.39 is 23.2 Å². The van der Waals surface area contributed by atoms with E-state index in [0.29, 0.717) is 0 Å². The Kier molecular flexibility index (Phi) is 14.8. The van der Waals surface area contributed by atoms with Gasteiger partial charge in [0.25, 0.3) is 0 Å². The molecular weight excluding hydrogens is 777 g/mol. The maximum atomic E-state index is 2.91. The minimum Gasteiger partial charge on any atom is -1.00 e. The SMILES string of the molecule is Cc1ccc(C)c2c1C=C(P(C1CCCCC1)C1CCCCC1)[CH]2[Zr+2][CH]1C(P(C2CCCCC2)C2CCCCC2)=Cc2c(C)ccc(C)c21.[Cl-].[Cl-]. The molecule has 2 atom stereocenters. The number of allylic oxidation sites excluding steroid dienone is 2. The van der Waals surface area contributed by atoms with Crippen molar-refractivity contribution in [2.45, 2.75) is 186 Å². The van der Waals surface area contributed by atoms with Crippen molar-refractivity contribution in [2.75, 3.05) is 0 Å². The average Bonchev–Trinajstić information content (AvgIpc) is 3.71. The van der Waals surface area contributed by atoms with Gasteiger partial charge in [0, 0.05) is 0 Å². The minimum atomic E-state index is -0.978. The summed E-state index contributed by atoms with van der Waals surface area (Å²) in [6.07, 6.45) is 35.9. The van der Waals surface area contributed by atoms with Gasteiger partial charge in [0.15, 0.2) is 0 Å². The molecule has 0 bridgehead atoms. The molecule has 2 aromatic rings. The molecule has 0 aliphatic heterocycles. The number of halogens is 2. The van der Waals surface area contributed by atoms with Gasteiger partial charge in [-0.1, -0.05) is 0 Å². The van der Waals surface area contributed by atoms with Gasteiger partial charge < -0.3 is 24.8 Å². The van der Waals surface area contributed by atoms with E-state index in [-0.39, 0.29) is 40.7 Å². The molecule has 0 nitrogen and oxygen atoms in total. The second kappa shape index (κ2) is 18.5. The van der Waals surface area contributed by atoms with Crippen molar-refractivity contribution in [1.82, 2.24) is 0 Å². The van der Waals surface area contributed by atoms with Crippen LogP contribution in [0.4, 0.5) is 0 Å². The summed E-state index contributed by atoms with van der Waals surface area (Å²) in [4.78, 5) is 0. The zero-order chi connectivity index (χ0) is 33.5. The van der Waals surface area contributed by atoms with E-state index >= 15 is 0 Å². The molecule has 2 aromatic carbocycles. The van der Waals surface area contributed by atoms with Gasteiger partial charge in [-0.3, -0.25) is 0 Å². The van der Waals surface area contributed by atoms with Gasteiger partial charge in [0.2, 0.25) is 0 Å². The summed E-state index contributed by atoms with van der Waals surface area (Å²) >= 11 is -0.978. The molecule has 5 heteroatoms. The van der Waals surface area contributed by atoms with Gasteiger partial charge in [-0.2, -0.15) is 0 Å². The normalized spacial score (nSPS) is 24.7. The second-order valence-electron chi connectivity index (χ2n) is 17.2. The summed E-state index contributed by atoms with van der Waals surface area (Å²) in [7, 11) is -0.149. The van der Waals surface area contributed by atoms with Crippen molar-refractivity contribution in [3.8, 4) is 0 Å². The van der Waals surface area contributed by atoms with Crippen molar-refractivity contribution in [3.63, 3.8) is 0 Å². The largest absolute Gasteiger partial charge is 1.00 e. The monoisotopic (exact) mass is 838 g/mol. The van der Waals surface area contributed by atoms with Gasteiger partial charge in [0.05, 0.1) is 0 Å². The van der Waals surface area contributed by atoms with Crippen LogP contribution in [-0.2, 0) is 23.2 Å². The van der Waals surface area contributed by atoms with Crippen LogP contribution in [0.1, 0.15) is 180 Å². The standard InChI is InChI=1S/2C23H32P.2ClH.Zr/c2*1-17-13-14-18(2)23-16-21(15-22(17)23)24(19-9-5-3-6-10-19)20-11-7-4-8-12-20;;;/h2*13-16,19-20H,3-12H2,1-2H3;2*1H;/q;;;;+2/p-2. The number of hydrogen-bond acceptors (Lipinski definition) is 0. The smallest absolute Gasteiger partial charge is 1.00 e.